The summed E-state index contributed by atoms with van der Waals surface area (Å²) in [7, 11) is 4.70. The standard InChI is InChI=1S/C5H5.C5H.H2S5.Ti/c2*1-2-4-5-3-1;1-3-5-4-2;/h1-5H;1H;1-2H;/q-1;-5;;/p+2. The molecule has 0 aliphatic rings. The third kappa shape index (κ3) is 17.6. The molecule has 0 saturated heterocycles. The first-order chi connectivity index (χ1) is 7.41. The SMILES string of the molecule is [SH2+]SSS[SH2+].[Ti].[c-]1[c-][c-][cH-][c-]1.c1cc[cH-]c1. The van der Waals surface area contributed by atoms with Crippen molar-refractivity contribution in [3.05, 3.63) is 60.7 Å². The zero-order chi connectivity index (χ0) is 11.2. The molecule has 6 heteroatoms. The zero-order valence-corrected chi connectivity index (χ0v) is 14.2. The van der Waals surface area contributed by atoms with Crippen LogP contribution in [-0.2, 0) is 45.0 Å². The Morgan fingerprint density at radius 1 is 0.938 bits per heavy atom. The Hall–Kier alpha value is 1.16. The second-order valence-corrected chi connectivity index (χ2v) is 7.98. The molecule has 0 saturated carbocycles. The Balaban J connectivity index is 0. The fraction of sp³-hybridized carbons (Fsp3) is 0. The summed E-state index contributed by atoms with van der Waals surface area (Å²) < 4.78 is 0. The maximum absolute atomic E-state index is 3.18. The van der Waals surface area contributed by atoms with Crippen molar-refractivity contribution in [2.75, 3.05) is 0 Å². The molecule has 0 spiro atoms. The summed E-state index contributed by atoms with van der Waals surface area (Å²) in [6.07, 6.45) is 0. The van der Waals surface area contributed by atoms with Gasteiger partial charge in [-0.05, 0) is 0 Å². The minimum atomic E-state index is 0. The van der Waals surface area contributed by atoms with Crippen LogP contribution in [0.2, 0.25) is 0 Å². The summed E-state index contributed by atoms with van der Waals surface area (Å²) in [5.41, 5.74) is 0. The van der Waals surface area contributed by atoms with Gasteiger partial charge in [0.25, 0.3) is 0 Å². The first-order valence-electron chi connectivity index (χ1n) is 3.74. The quantitative estimate of drug-likeness (QED) is 0.358. The van der Waals surface area contributed by atoms with E-state index in [0.29, 0.717) is 0 Å². The van der Waals surface area contributed by atoms with Crippen molar-refractivity contribution >= 4 is 52.8 Å². The molecular formula is C10H10S5Ti-4. The summed E-state index contributed by atoms with van der Waals surface area (Å²) in [5, 5.41) is 0. The summed E-state index contributed by atoms with van der Waals surface area (Å²) >= 11 is 6.36. The van der Waals surface area contributed by atoms with Gasteiger partial charge in [-0.25, -0.2) is 12.1 Å². The van der Waals surface area contributed by atoms with Gasteiger partial charge in [-0.2, -0.15) is 18.2 Å². The number of hydrogen-bond acceptors (Lipinski definition) is 3. The first-order valence-corrected chi connectivity index (χ1v) is 9.67. The van der Waals surface area contributed by atoms with Gasteiger partial charge >= 0.3 is 0 Å². The van der Waals surface area contributed by atoms with Gasteiger partial charge in [0.2, 0.25) is 0 Å². The van der Waals surface area contributed by atoms with Gasteiger partial charge in [0, 0.05) is 45.0 Å². The molecule has 2 aromatic rings. The van der Waals surface area contributed by atoms with E-state index in [9.17, 15) is 0 Å². The van der Waals surface area contributed by atoms with Crippen molar-refractivity contribution in [3.63, 3.8) is 0 Å². The zero-order valence-electron chi connectivity index (χ0n) is 8.19. The van der Waals surface area contributed by atoms with E-state index in [4.69, 9.17) is 0 Å². The molecule has 2 aromatic carbocycles. The molecule has 2 rings (SSSR count). The molecule has 0 amide bonds. The van der Waals surface area contributed by atoms with Crippen LogP contribution in [0.1, 0.15) is 0 Å². The topological polar surface area (TPSA) is 0 Å². The Kier molecular flexibility index (Phi) is 22.6. The van der Waals surface area contributed by atoms with E-state index in [1.807, 2.05) is 30.3 Å². The molecule has 0 atom stereocenters. The number of hydrogen-bond donors (Lipinski definition) is 0. The molecule has 16 heavy (non-hydrogen) atoms. The van der Waals surface area contributed by atoms with Gasteiger partial charge in [0.1, 0.15) is 0 Å². The summed E-state index contributed by atoms with van der Waals surface area (Å²) in [4.78, 5) is 0. The van der Waals surface area contributed by atoms with Crippen molar-refractivity contribution < 1.29 is 21.7 Å². The largest absolute Gasteiger partial charge is 0.999 e. The summed E-state index contributed by atoms with van der Waals surface area (Å²) in [6.45, 7) is 0. The van der Waals surface area contributed by atoms with Gasteiger partial charge in [-0.3, -0.25) is 0 Å². The molecule has 0 aliphatic heterocycles. The van der Waals surface area contributed by atoms with Gasteiger partial charge in [-0.1, -0.05) is 0 Å². The van der Waals surface area contributed by atoms with E-state index < -0.39 is 0 Å². The van der Waals surface area contributed by atoms with Crippen LogP contribution in [-0.4, -0.2) is 0 Å². The van der Waals surface area contributed by atoms with E-state index in [2.05, 4.69) is 47.6 Å². The van der Waals surface area contributed by atoms with Crippen LogP contribution >= 0.6 is 29.5 Å². The van der Waals surface area contributed by atoms with Crippen LogP contribution in [0.4, 0.5) is 0 Å². The van der Waals surface area contributed by atoms with Gasteiger partial charge in [0.05, 0.1) is 9.83 Å². The van der Waals surface area contributed by atoms with Crippen molar-refractivity contribution in [1.82, 2.24) is 0 Å². The molecule has 0 aromatic heterocycles. The second kappa shape index (κ2) is 18.5. The Morgan fingerprint density at radius 3 is 1.56 bits per heavy atom. The Labute approximate surface area is 134 Å². The van der Waals surface area contributed by atoms with E-state index in [0.717, 1.165) is 0 Å². The van der Waals surface area contributed by atoms with E-state index in [-0.39, 0.29) is 21.7 Å². The molecule has 0 nitrogen and oxygen atoms in total. The van der Waals surface area contributed by atoms with Crippen molar-refractivity contribution in [2.45, 2.75) is 0 Å². The van der Waals surface area contributed by atoms with Crippen molar-refractivity contribution in [2.24, 2.45) is 0 Å². The molecular weight excluding hydrogens is 328 g/mol. The van der Waals surface area contributed by atoms with Crippen LogP contribution < -0.4 is 0 Å². The van der Waals surface area contributed by atoms with Crippen molar-refractivity contribution in [3.8, 4) is 0 Å². The summed E-state index contributed by atoms with van der Waals surface area (Å²) in [5.74, 6) is 0. The van der Waals surface area contributed by atoms with Gasteiger partial charge in [-0.15, -0.1) is 0 Å². The smallest absolute Gasteiger partial charge is 0.173 e. The van der Waals surface area contributed by atoms with Gasteiger partial charge < -0.3 is 30.3 Å². The molecule has 0 bridgehead atoms. The van der Waals surface area contributed by atoms with Crippen molar-refractivity contribution in [1.29, 1.82) is 0 Å². The summed E-state index contributed by atoms with van der Waals surface area (Å²) in [6, 6.07) is 22.0. The molecule has 88 valence electrons. The van der Waals surface area contributed by atoms with Crippen LogP contribution in [0.25, 0.3) is 0 Å². The first kappa shape index (κ1) is 19.5. The Bertz CT molecular complexity index is 194. The third-order valence-electron chi connectivity index (χ3n) is 0.975. The normalized spacial score (nSPS) is 7.62. The maximum Gasteiger partial charge on any atom is 0.173 e. The monoisotopic (exact) mass is 338 g/mol. The molecule has 0 fully saturated rings. The van der Waals surface area contributed by atoms with Crippen LogP contribution in [0.5, 0.6) is 0 Å². The average Bonchev–Trinajstić information content (AvgIpc) is 2.99. The minimum absolute atomic E-state index is 0. The minimum Gasteiger partial charge on any atom is -0.999 e. The maximum atomic E-state index is 3.18. The predicted octanol–water partition coefficient (Wildman–Crippen LogP) is 2.88. The molecule has 0 N–H and O–H groups in total. The van der Waals surface area contributed by atoms with E-state index >= 15 is 0 Å². The van der Waals surface area contributed by atoms with E-state index in [1.165, 1.54) is 19.7 Å². The number of rotatable bonds is 2. The van der Waals surface area contributed by atoms with Crippen LogP contribution in [0, 0.1) is 24.3 Å². The van der Waals surface area contributed by atoms with E-state index in [1.54, 1.807) is 15.9 Å². The fourth-order valence-electron chi connectivity index (χ4n) is 0.518. The second-order valence-electron chi connectivity index (χ2n) is 1.88. The molecule has 0 radical (unpaired) electrons. The third-order valence-corrected chi connectivity index (χ3v) is 6.42. The molecule has 0 heterocycles. The average molecular weight is 338 g/mol. The predicted molar refractivity (Wildman–Crippen MR) is 82.5 cm³/mol. The van der Waals surface area contributed by atoms with Crippen LogP contribution in [0.15, 0.2) is 36.4 Å². The molecule has 0 aliphatic carbocycles. The fourth-order valence-corrected chi connectivity index (χ4v) is 4.63. The van der Waals surface area contributed by atoms with Gasteiger partial charge in [0.15, 0.2) is 19.7 Å². The molecule has 0 unspecified atom stereocenters. The van der Waals surface area contributed by atoms with Crippen LogP contribution in [0.3, 0.4) is 0 Å². The Morgan fingerprint density at radius 2 is 1.44 bits per heavy atom.